The smallest absolute Gasteiger partial charge is 0.271 e. The zero-order chi connectivity index (χ0) is 14.1. The number of carbonyl (C=O) groups is 1. The molecule has 0 aromatic rings. The number of carbonyl (C=O) groups excluding carboxylic acids is 1. The van der Waals surface area contributed by atoms with Crippen LogP contribution in [0.25, 0.3) is 0 Å². The summed E-state index contributed by atoms with van der Waals surface area (Å²) in [6, 6.07) is 0. The van der Waals surface area contributed by atoms with E-state index in [9.17, 15) is 9.90 Å². The molecule has 1 unspecified atom stereocenters. The van der Waals surface area contributed by atoms with E-state index in [2.05, 4.69) is 13.8 Å². The number of ketones is 1. The van der Waals surface area contributed by atoms with Crippen molar-refractivity contribution >= 4 is 5.78 Å². The van der Waals surface area contributed by atoms with Gasteiger partial charge in [0.1, 0.15) is 5.76 Å². The highest BCUT2D eigenvalue weighted by Gasteiger charge is 2.41. The monoisotopic (exact) mass is 268 g/mol. The summed E-state index contributed by atoms with van der Waals surface area (Å²) in [7, 11) is 0. The van der Waals surface area contributed by atoms with Crippen LogP contribution in [0.2, 0.25) is 0 Å². The first-order valence-electron chi connectivity index (χ1n) is 7.78. The van der Waals surface area contributed by atoms with Gasteiger partial charge in [-0.1, -0.05) is 52.4 Å². The third kappa shape index (κ3) is 5.35. The number of ether oxygens (including phenoxy) is 1. The fourth-order valence-electron chi connectivity index (χ4n) is 2.37. The van der Waals surface area contributed by atoms with Crippen LogP contribution < -0.4 is 0 Å². The number of unbranched alkanes of at least 4 members (excludes halogenated alkanes) is 6. The predicted octanol–water partition coefficient (Wildman–Crippen LogP) is 4.10. The van der Waals surface area contributed by atoms with Crippen LogP contribution in [0.3, 0.4) is 0 Å². The molecule has 3 nitrogen and oxygen atoms in total. The number of hydrogen-bond donors (Lipinski definition) is 1. The first-order valence-corrected chi connectivity index (χ1v) is 7.78. The van der Waals surface area contributed by atoms with Crippen LogP contribution in [0.15, 0.2) is 11.8 Å². The second-order valence-corrected chi connectivity index (χ2v) is 5.48. The number of hydrogen-bond acceptors (Lipinski definition) is 3. The predicted molar refractivity (Wildman–Crippen MR) is 76.6 cm³/mol. The summed E-state index contributed by atoms with van der Waals surface area (Å²) in [6.07, 6.45) is 11.5. The van der Waals surface area contributed by atoms with E-state index in [4.69, 9.17) is 4.74 Å². The average molecular weight is 268 g/mol. The zero-order valence-corrected chi connectivity index (χ0v) is 12.4. The van der Waals surface area contributed by atoms with E-state index in [0.717, 1.165) is 38.5 Å². The summed E-state index contributed by atoms with van der Waals surface area (Å²) < 4.78 is 5.48. The van der Waals surface area contributed by atoms with E-state index in [1.54, 1.807) is 0 Å². The molecule has 1 heterocycles. The van der Waals surface area contributed by atoms with E-state index >= 15 is 0 Å². The molecule has 1 N–H and O–H groups in total. The van der Waals surface area contributed by atoms with Crippen LogP contribution >= 0.6 is 0 Å². The van der Waals surface area contributed by atoms with Gasteiger partial charge in [-0.05, 0) is 12.8 Å². The number of aliphatic hydroxyl groups is 1. The van der Waals surface area contributed by atoms with Crippen LogP contribution in [0.4, 0.5) is 0 Å². The maximum atomic E-state index is 11.8. The molecule has 0 bridgehead atoms. The van der Waals surface area contributed by atoms with Gasteiger partial charge in [-0.3, -0.25) is 4.79 Å². The summed E-state index contributed by atoms with van der Waals surface area (Å²) in [4.78, 5) is 11.8. The molecule has 0 radical (unpaired) electrons. The van der Waals surface area contributed by atoms with Crippen LogP contribution in [0.5, 0.6) is 0 Å². The summed E-state index contributed by atoms with van der Waals surface area (Å²) in [5.74, 6) is -1.17. The van der Waals surface area contributed by atoms with Gasteiger partial charge in [-0.25, -0.2) is 0 Å². The van der Waals surface area contributed by atoms with Crippen LogP contribution in [0, 0.1) is 0 Å². The number of allylic oxidation sites excluding steroid dienone is 1. The van der Waals surface area contributed by atoms with Crippen molar-refractivity contribution in [3.63, 3.8) is 0 Å². The van der Waals surface area contributed by atoms with Crippen molar-refractivity contribution in [3.05, 3.63) is 11.8 Å². The van der Waals surface area contributed by atoms with Crippen molar-refractivity contribution in [2.45, 2.75) is 83.8 Å². The van der Waals surface area contributed by atoms with E-state index < -0.39 is 5.79 Å². The molecule has 0 aromatic heterocycles. The van der Waals surface area contributed by atoms with Crippen molar-refractivity contribution in [2.75, 3.05) is 0 Å². The Bertz CT molecular complexity index is 309. The third-order valence-electron chi connectivity index (χ3n) is 3.62. The lowest BCUT2D eigenvalue weighted by atomic mass is 10.0. The van der Waals surface area contributed by atoms with Gasteiger partial charge in [0.25, 0.3) is 5.79 Å². The van der Waals surface area contributed by atoms with Gasteiger partial charge in [0.15, 0.2) is 0 Å². The summed E-state index contributed by atoms with van der Waals surface area (Å²) in [5, 5.41) is 10.2. The standard InChI is InChI=1S/C16H28O3/c1-3-5-7-8-9-11-14-13-15(17)16(18,19-14)12-10-6-4-2/h13,18H,3-12H2,1-2H3. The van der Waals surface area contributed by atoms with E-state index in [0.29, 0.717) is 12.2 Å². The van der Waals surface area contributed by atoms with Gasteiger partial charge in [-0.15, -0.1) is 0 Å². The Morgan fingerprint density at radius 1 is 1.05 bits per heavy atom. The maximum absolute atomic E-state index is 11.8. The lowest BCUT2D eigenvalue weighted by Crippen LogP contribution is -2.36. The summed E-state index contributed by atoms with van der Waals surface area (Å²) in [5.41, 5.74) is 0. The van der Waals surface area contributed by atoms with E-state index in [-0.39, 0.29) is 5.78 Å². The summed E-state index contributed by atoms with van der Waals surface area (Å²) in [6.45, 7) is 4.29. The van der Waals surface area contributed by atoms with Gasteiger partial charge in [0.2, 0.25) is 5.78 Å². The third-order valence-corrected chi connectivity index (χ3v) is 3.62. The normalized spacial score (nSPS) is 22.5. The van der Waals surface area contributed by atoms with Crippen LogP contribution in [0.1, 0.15) is 78.1 Å². The van der Waals surface area contributed by atoms with Crippen molar-refractivity contribution in [3.8, 4) is 0 Å². The van der Waals surface area contributed by atoms with Crippen molar-refractivity contribution in [1.29, 1.82) is 0 Å². The van der Waals surface area contributed by atoms with Gasteiger partial charge in [-0.2, -0.15) is 0 Å². The molecule has 19 heavy (non-hydrogen) atoms. The van der Waals surface area contributed by atoms with Crippen molar-refractivity contribution in [1.82, 2.24) is 0 Å². The largest absolute Gasteiger partial charge is 0.459 e. The maximum Gasteiger partial charge on any atom is 0.271 e. The number of rotatable bonds is 10. The van der Waals surface area contributed by atoms with E-state index in [1.165, 1.54) is 25.3 Å². The van der Waals surface area contributed by atoms with Crippen molar-refractivity contribution in [2.24, 2.45) is 0 Å². The first kappa shape index (κ1) is 16.2. The minimum Gasteiger partial charge on any atom is -0.459 e. The highest BCUT2D eigenvalue weighted by molar-refractivity contribution is 5.97. The second-order valence-electron chi connectivity index (χ2n) is 5.48. The Hall–Kier alpha value is -0.830. The fraction of sp³-hybridized carbons (Fsp3) is 0.812. The molecule has 0 saturated heterocycles. The highest BCUT2D eigenvalue weighted by Crippen LogP contribution is 2.30. The minimum absolute atomic E-state index is 0.271. The Morgan fingerprint density at radius 3 is 2.37 bits per heavy atom. The zero-order valence-electron chi connectivity index (χ0n) is 12.4. The highest BCUT2D eigenvalue weighted by atomic mass is 16.6. The molecule has 1 atom stereocenters. The van der Waals surface area contributed by atoms with Crippen molar-refractivity contribution < 1.29 is 14.6 Å². The lowest BCUT2D eigenvalue weighted by Gasteiger charge is -2.22. The Balaban J connectivity index is 2.27. The van der Waals surface area contributed by atoms with Crippen LogP contribution in [-0.2, 0) is 9.53 Å². The molecule has 110 valence electrons. The fourth-order valence-corrected chi connectivity index (χ4v) is 2.37. The average Bonchev–Trinajstić information content (AvgIpc) is 2.65. The first-order chi connectivity index (χ1) is 9.12. The molecule has 0 fully saturated rings. The molecule has 0 amide bonds. The molecule has 0 aliphatic carbocycles. The molecule has 1 aliphatic heterocycles. The SMILES string of the molecule is CCCCCCCC1=CC(=O)C(O)(CCCCC)O1. The summed E-state index contributed by atoms with van der Waals surface area (Å²) >= 11 is 0. The molecule has 0 spiro atoms. The van der Waals surface area contributed by atoms with Gasteiger partial charge in [0.05, 0.1) is 0 Å². The Morgan fingerprint density at radius 2 is 1.68 bits per heavy atom. The van der Waals surface area contributed by atoms with E-state index in [1.807, 2.05) is 0 Å². The van der Waals surface area contributed by atoms with Crippen LogP contribution in [-0.4, -0.2) is 16.7 Å². The Kier molecular flexibility index (Phi) is 7.14. The topological polar surface area (TPSA) is 46.5 Å². The Labute approximate surface area is 117 Å². The molecule has 1 aliphatic rings. The molecule has 3 heteroatoms. The molecule has 0 aromatic carbocycles. The molecular formula is C16H28O3. The quantitative estimate of drug-likeness (QED) is 0.607. The molecule has 1 rings (SSSR count). The second kappa shape index (κ2) is 8.36. The van der Waals surface area contributed by atoms with Gasteiger partial charge in [0, 0.05) is 18.9 Å². The van der Waals surface area contributed by atoms with Gasteiger partial charge >= 0.3 is 0 Å². The minimum atomic E-state index is -1.56. The molecular weight excluding hydrogens is 240 g/mol. The van der Waals surface area contributed by atoms with Gasteiger partial charge < -0.3 is 9.84 Å². The molecule has 0 saturated carbocycles. The lowest BCUT2D eigenvalue weighted by molar-refractivity contribution is -0.180.